The number of carbonyl (C=O) groups excluding carboxylic acids is 3. The van der Waals surface area contributed by atoms with Crippen molar-refractivity contribution in [1.29, 1.82) is 0 Å². The summed E-state index contributed by atoms with van der Waals surface area (Å²) in [5, 5.41) is 20.5. The van der Waals surface area contributed by atoms with Crippen molar-refractivity contribution >= 4 is 33.6 Å². The van der Waals surface area contributed by atoms with Crippen LogP contribution in [0.3, 0.4) is 0 Å². The molecule has 18 heteroatoms. The maximum atomic E-state index is 12.9. The summed E-state index contributed by atoms with van der Waals surface area (Å²) < 4.78 is 60.7. The summed E-state index contributed by atoms with van der Waals surface area (Å²) in [5.41, 5.74) is 0. The fourth-order valence-corrected chi connectivity index (χ4v) is 10.0. The number of aliphatic hydroxyl groups excluding tert-OH is 2. The van der Waals surface area contributed by atoms with Gasteiger partial charge in [-0.05, 0) is 116 Å². The van der Waals surface area contributed by atoms with Gasteiger partial charge in [-0.2, -0.15) is 0 Å². The van der Waals surface area contributed by atoms with Crippen molar-refractivity contribution in [1.82, 2.24) is 0 Å². The molecule has 5 unspecified atom stereocenters. The van der Waals surface area contributed by atoms with E-state index in [1.54, 1.807) is 0 Å². The minimum Gasteiger partial charge on any atom is -0.463 e. The zero-order chi connectivity index (χ0) is 62.4. The van der Waals surface area contributed by atoms with Crippen LogP contribution in [0.4, 0.5) is 0 Å². The van der Waals surface area contributed by atoms with E-state index in [0.717, 1.165) is 148 Å². The first-order valence-corrected chi connectivity index (χ1v) is 35.9. The van der Waals surface area contributed by atoms with Crippen molar-refractivity contribution in [3.05, 3.63) is 85.1 Å². The lowest BCUT2D eigenvalue weighted by molar-refractivity contribution is -0.161. The van der Waals surface area contributed by atoms with E-state index in [1.165, 1.54) is 57.8 Å². The molecular formula is C67H118O16P2. The highest BCUT2D eigenvalue weighted by molar-refractivity contribution is 7.47. The lowest BCUT2D eigenvalue weighted by Gasteiger charge is -2.21. The molecule has 0 aromatic heterocycles. The van der Waals surface area contributed by atoms with E-state index in [2.05, 4.69) is 106 Å². The van der Waals surface area contributed by atoms with E-state index in [0.29, 0.717) is 19.3 Å². The van der Waals surface area contributed by atoms with E-state index in [-0.39, 0.29) is 19.3 Å². The quantitative estimate of drug-likeness (QED) is 0.0146. The molecule has 0 heterocycles. The molecule has 0 rings (SSSR count). The molecule has 85 heavy (non-hydrogen) atoms. The molecule has 0 amide bonds. The van der Waals surface area contributed by atoms with Crippen LogP contribution in [0.1, 0.15) is 265 Å². The average molecular weight is 1240 g/mol. The second-order valence-electron chi connectivity index (χ2n) is 21.9. The monoisotopic (exact) mass is 1240 g/mol. The third kappa shape index (κ3) is 62.1. The number of carbonyl (C=O) groups is 3. The fraction of sp³-hybridized carbons (Fsp3) is 0.746. The van der Waals surface area contributed by atoms with Crippen molar-refractivity contribution in [3.8, 4) is 0 Å². The van der Waals surface area contributed by atoms with Gasteiger partial charge in [0.25, 0.3) is 0 Å². The SMILES string of the molecule is CCCC/C=C\CCCCCCCC(=O)OC(COC(=O)CCCCCCCC/C=C\C/C=C\C/C=C\CCCCC)COP(=O)(O)OCC(O)COP(=O)(O)OCC(O)COC(=O)CCCCCCCC/C=C\C/C=C\C/C=C\CCCCC. The van der Waals surface area contributed by atoms with E-state index in [9.17, 15) is 43.5 Å². The maximum absolute atomic E-state index is 12.9. The highest BCUT2D eigenvalue weighted by Gasteiger charge is 2.29. The Labute approximate surface area is 515 Å². The Kier molecular flexibility index (Phi) is 58.6. The standard InChI is InChI=1S/C67H118O16P2/c1-4-7-10-13-16-19-22-24-26-28-30-32-34-36-39-41-44-47-50-53-65(70)77-56-62(68)57-79-84(73,74)80-58-63(69)59-81-85(75,76)82-61-64(83-67(72)55-52-49-46-43-38-21-18-15-12-9-6-3)60-78-66(71)54-51-48-45-42-40-37-35-33-31-29-27-25-23-20-17-14-11-8-5-2/h15-20,24-27,30-33,62-64,68-69H,4-14,21-23,28-29,34-61H2,1-3H3,(H,73,74)(H,75,76)/b18-15-,19-16-,20-17-,26-24-,27-25-,32-30-,33-31-. The molecule has 0 saturated carbocycles. The molecule has 0 aliphatic carbocycles. The zero-order valence-corrected chi connectivity index (χ0v) is 54.8. The lowest BCUT2D eigenvalue weighted by atomic mass is 10.1. The zero-order valence-electron chi connectivity index (χ0n) is 53.0. The van der Waals surface area contributed by atoms with E-state index >= 15 is 0 Å². The second-order valence-corrected chi connectivity index (χ2v) is 24.8. The molecule has 0 spiro atoms. The van der Waals surface area contributed by atoms with Gasteiger partial charge in [-0.25, -0.2) is 9.13 Å². The smallest absolute Gasteiger partial charge is 0.463 e. The minimum atomic E-state index is -4.92. The Morgan fingerprint density at radius 2 is 0.600 bits per heavy atom. The number of hydrogen-bond donors (Lipinski definition) is 4. The molecule has 0 fully saturated rings. The molecule has 0 saturated heterocycles. The van der Waals surface area contributed by atoms with Crippen LogP contribution in [0.25, 0.3) is 0 Å². The van der Waals surface area contributed by atoms with Gasteiger partial charge in [-0.1, -0.05) is 215 Å². The van der Waals surface area contributed by atoms with Crippen LogP contribution in [0, 0.1) is 0 Å². The van der Waals surface area contributed by atoms with Crippen LogP contribution < -0.4 is 0 Å². The summed E-state index contributed by atoms with van der Waals surface area (Å²) in [4.78, 5) is 58.2. The normalized spacial score (nSPS) is 14.9. The van der Waals surface area contributed by atoms with Gasteiger partial charge >= 0.3 is 33.6 Å². The van der Waals surface area contributed by atoms with Gasteiger partial charge in [-0.15, -0.1) is 0 Å². The van der Waals surface area contributed by atoms with Crippen molar-refractivity contribution in [3.63, 3.8) is 0 Å². The Morgan fingerprint density at radius 1 is 0.329 bits per heavy atom. The summed E-state index contributed by atoms with van der Waals surface area (Å²) >= 11 is 0. The molecule has 0 radical (unpaired) electrons. The number of hydrogen-bond acceptors (Lipinski definition) is 14. The number of phosphoric ester groups is 2. The van der Waals surface area contributed by atoms with Gasteiger partial charge in [-0.3, -0.25) is 32.5 Å². The first kappa shape index (κ1) is 81.7. The number of allylic oxidation sites excluding steroid dienone is 14. The van der Waals surface area contributed by atoms with Gasteiger partial charge in [0.05, 0.1) is 26.4 Å². The topological polar surface area (TPSA) is 231 Å². The molecule has 492 valence electrons. The summed E-state index contributed by atoms with van der Waals surface area (Å²) in [6, 6.07) is 0. The lowest BCUT2D eigenvalue weighted by Crippen LogP contribution is -2.30. The van der Waals surface area contributed by atoms with E-state index in [4.69, 9.17) is 32.3 Å². The van der Waals surface area contributed by atoms with Gasteiger partial charge in [0.1, 0.15) is 25.4 Å². The summed E-state index contributed by atoms with van der Waals surface area (Å²) in [7, 11) is -9.77. The molecule has 0 bridgehead atoms. The van der Waals surface area contributed by atoms with Crippen LogP contribution in [0.2, 0.25) is 0 Å². The van der Waals surface area contributed by atoms with Crippen molar-refractivity contribution in [2.75, 3.05) is 39.6 Å². The van der Waals surface area contributed by atoms with Crippen LogP contribution in [0.5, 0.6) is 0 Å². The number of rotatable bonds is 62. The average Bonchev–Trinajstić information content (AvgIpc) is 3.56. The largest absolute Gasteiger partial charge is 0.472 e. The summed E-state index contributed by atoms with van der Waals surface area (Å²) in [6.07, 6.45) is 63.6. The highest BCUT2D eigenvalue weighted by atomic mass is 31.2. The molecule has 16 nitrogen and oxygen atoms in total. The van der Waals surface area contributed by atoms with Crippen LogP contribution >= 0.6 is 15.6 Å². The molecule has 5 atom stereocenters. The van der Waals surface area contributed by atoms with Crippen LogP contribution in [-0.2, 0) is 55.8 Å². The second kappa shape index (κ2) is 61.0. The molecule has 4 N–H and O–H groups in total. The first-order chi connectivity index (χ1) is 41.2. The van der Waals surface area contributed by atoms with Crippen molar-refractivity contribution in [2.45, 2.75) is 283 Å². The molecule has 0 aromatic rings. The summed E-state index contributed by atoms with van der Waals surface area (Å²) in [5.74, 6) is -1.61. The predicted octanol–water partition coefficient (Wildman–Crippen LogP) is 17.8. The molecule has 0 aliphatic heterocycles. The van der Waals surface area contributed by atoms with Crippen LogP contribution in [-0.4, -0.2) is 95.9 Å². The summed E-state index contributed by atoms with van der Waals surface area (Å²) in [6.45, 7) is 2.52. The highest BCUT2D eigenvalue weighted by Crippen LogP contribution is 2.45. The first-order valence-electron chi connectivity index (χ1n) is 32.9. The molecular weight excluding hydrogens is 1120 g/mol. The molecule has 0 aromatic carbocycles. The third-order valence-corrected chi connectivity index (χ3v) is 15.5. The fourth-order valence-electron chi connectivity index (χ4n) is 8.45. The maximum Gasteiger partial charge on any atom is 0.472 e. The Morgan fingerprint density at radius 3 is 0.976 bits per heavy atom. The number of phosphoric acid groups is 2. The van der Waals surface area contributed by atoms with Gasteiger partial charge in [0.2, 0.25) is 0 Å². The number of unbranched alkanes of at least 4 members (excludes halogenated alkanes) is 25. The van der Waals surface area contributed by atoms with Gasteiger partial charge in [0.15, 0.2) is 6.10 Å². The van der Waals surface area contributed by atoms with E-state index in [1.807, 2.05) is 0 Å². The third-order valence-electron chi connectivity index (χ3n) is 13.6. The number of esters is 3. The predicted molar refractivity (Wildman–Crippen MR) is 344 cm³/mol. The van der Waals surface area contributed by atoms with E-state index < -0.39 is 91.5 Å². The van der Waals surface area contributed by atoms with Crippen LogP contribution in [0.15, 0.2) is 85.1 Å². The minimum absolute atomic E-state index is 0.0905. The number of aliphatic hydroxyl groups is 2. The van der Waals surface area contributed by atoms with Crippen molar-refractivity contribution in [2.24, 2.45) is 0 Å². The molecule has 0 aliphatic rings. The van der Waals surface area contributed by atoms with Crippen molar-refractivity contribution < 1.29 is 75.8 Å². The Balaban J connectivity index is 4.63. The number of ether oxygens (including phenoxy) is 3. The van der Waals surface area contributed by atoms with Gasteiger partial charge in [0, 0.05) is 19.3 Å². The Hall–Kier alpha value is -3.27. The van der Waals surface area contributed by atoms with Gasteiger partial charge < -0.3 is 34.2 Å². The Bertz CT molecular complexity index is 1900.